The van der Waals surface area contributed by atoms with Crippen LogP contribution in [0, 0.1) is 0 Å². The molecule has 0 aliphatic rings. The molecule has 0 saturated heterocycles. The highest BCUT2D eigenvalue weighted by molar-refractivity contribution is 7.98. The van der Waals surface area contributed by atoms with Gasteiger partial charge in [-0.25, -0.2) is 4.98 Å². The van der Waals surface area contributed by atoms with E-state index in [9.17, 15) is 0 Å². The number of benzene rings is 2. The molecule has 3 heterocycles. The van der Waals surface area contributed by atoms with Crippen molar-refractivity contribution in [2.45, 2.75) is 10.9 Å². The van der Waals surface area contributed by atoms with E-state index in [1.54, 1.807) is 35.5 Å². The van der Waals surface area contributed by atoms with Gasteiger partial charge in [0.1, 0.15) is 0 Å². The average Bonchev–Trinajstić information content (AvgIpc) is 3.46. The molecule has 0 amide bonds. The fourth-order valence-electron chi connectivity index (χ4n) is 3.07. The van der Waals surface area contributed by atoms with E-state index >= 15 is 0 Å². The topological polar surface area (TPSA) is 68.5 Å². The van der Waals surface area contributed by atoms with E-state index in [-0.39, 0.29) is 0 Å². The Kier molecular flexibility index (Phi) is 5.72. The molecule has 5 aromatic rings. The molecule has 0 fully saturated rings. The lowest BCUT2D eigenvalue weighted by atomic mass is 10.2. The molecule has 1 N–H and O–H groups in total. The first-order valence-electron chi connectivity index (χ1n) is 9.67. The average molecular weight is 443 g/mol. The molecule has 0 bridgehead atoms. The third-order valence-corrected chi connectivity index (χ3v) is 6.26. The SMILES string of the molecule is c1ccc(Nc2nc(CSc3nnc(-c4cccnc4)n3-c3ccccc3)cs2)cc1. The van der Waals surface area contributed by atoms with Crippen LogP contribution in [0.4, 0.5) is 10.8 Å². The molecule has 0 aliphatic heterocycles. The molecule has 0 saturated carbocycles. The van der Waals surface area contributed by atoms with Gasteiger partial charge in [0.15, 0.2) is 16.1 Å². The largest absolute Gasteiger partial charge is 0.332 e. The van der Waals surface area contributed by atoms with Crippen LogP contribution < -0.4 is 5.32 Å². The highest BCUT2D eigenvalue weighted by Crippen LogP contribution is 2.30. The number of nitrogens with one attached hydrogen (secondary N) is 1. The Morgan fingerprint density at radius 1 is 0.903 bits per heavy atom. The number of nitrogens with zero attached hydrogens (tertiary/aromatic N) is 5. The van der Waals surface area contributed by atoms with Crippen LogP contribution in [0.5, 0.6) is 0 Å². The number of anilines is 2. The van der Waals surface area contributed by atoms with Crippen LogP contribution in [0.1, 0.15) is 5.69 Å². The van der Waals surface area contributed by atoms with Crippen LogP contribution >= 0.6 is 23.1 Å². The number of aromatic nitrogens is 5. The molecule has 3 aromatic heterocycles. The zero-order chi connectivity index (χ0) is 20.9. The minimum absolute atomic E-state index is 0.699. The minimum atomic E-state index is 0.699. The number of thiazole rings is 1. The summed E-state index contributed by atoms with van der Waals surface area (Å²) < 4.78 is 2.07. The van der Waals surface area contributed by atoms with E-state index in [4.69, 9.17) is 4.98 Å². The minimum Gasteiger partial charge on any atom is -0.332 e. The molecule has 0 spiro atoms. The monoisotopic (exact) mass is 442 g/mol. The van der Waals surface area contributed by atoms with Crippen LogP contribution in [0.15, 0.2) is 95.7 Å². The highest BCUT2D eigenvalue weighted by Gasteiger charge is 2.16. The molecule has 0 radical (unpaired) electrons. The molecule has 0 atom stereocenters. The number of rotatable bonds is 7. The van der Waals surface area contributed by atoms with Crippen molar-refractivity contribution < 1.29 is 0 Å². The van der Waals surface area contributed by atoms with Crippen molar-refractivity contribution in [3.8, 4) is 17.1 Å². The standard InChI is InChI=1S/C23H18N6S2/c1-3-9-18(10-4-1)25-22-26-19(15-30-22)16-31-23-28-27-21(17-8-7-13-24-14-17)29(23)20-11-5-2-6-12-20/h1-15H,16H2,(H,25,26). The summed E-state index contributed by atoms with van der Waals surface area (Å²) in [7, 11) is 0. The van der Waals surface area contributed by atoms with E-state index in [1.165, 1.54) is 0 Å². The van der Waals surface area contributed by atoms with Crippen LogP contribution in [0.2, 0.25) is 0 Å². The number of para-hydroxylation sites is 2. The maximum atomic E-state index is 4.71. The van der Waals surface area contributed by atoms with E-state index < -0.39 is 0 Å². The molecule has 6 nitrogen and oxygen atoms in total. The van der Waals surface area contributed by atoms with Gasteiger partial charge in [-0.05, 0) is 36.4 Å². The fourth-order valence-corrected chi connectivity index (χ4v) is 4.75. The number of hydrogen-bond donors (Lipinski definition) is 1. The van der Waals surface area contributed by atoms with Crippen molar-refractivity contribution >= 4 is 33.9 Å². The molecule has 5 rings (SSSR count). The number of thioether (sulfide) groups is 1. The fraction of sp³-hybridized carbons (Fsp3) is 0.0435. The third-order valence-electron chi connectivity index (χ3n) is 4.49. The quantitative estimate of drug-likeness (QED) is 0.320. The first-order valence-corrected chi connectivity index (χ1v) is 11.5. The first-order chi connectivity index (χ1) is 15.4. The maximum absolute atomic E-state index is 4.71. The van der Waals surface area contributed by atoms with E-state index in [1.807, 2.05) is 60.7 Å². The summed E-state index contributed by atoms with van der Waals surface area (Å²) >= 11 is 3.21. The second kappa shape index (κ2) is 9.11. The summed E-state index contributed by atoms with van der Waals surface area (Å²) in [5, 5.41) is 16.0. The summed E-state index contributed by atoms with van der Waals surface area (Å²) in [6.45, 7) is 0. The second-order valence-corrected chi connectivity index (χ2v) is 8.44. The number of pyridine rings is 1. The first kappa shape index (κ1) is 19.5. The van der Waals surface area contributed by atoms with Crippen LogP contribution in [-0.4, -0.2) is 24.7 Å². The Morgan fingerprint density at radius 2 is 1.71 bits per heavy atom. The zero-order valence-electron chi connectivity index (χ0n) is 16.4. The summed E-state index contributed by atoms with van der Waals surface area (Å²) in [5.41, 5.74) is 3.97. The molecular weight excluding hydrogens is 424 g/mol. The Morgan fingerprint density at radius 3 is 2.48 bits per heavy atom. The molecule has 152 valence electrons. The van der Waals surface area contributed by atoms with Gasteiger partial charge in [0.2, 0.25) is 0 Å². The Bertz CT molecular complexity index is 1250. The van der Waals surface area contributed by atoms with Gasteiger partial charge in [-0.2, -0.15) is 0 Å². The van der Waals surface area contributed by atoms with Crippen molar-refractivity contribution in [3.63, 3.8) is 0 Å². The lowest BCUT2D eigenvalue weighted by Crippen LogP contribution is -1.99. The summed E-state index contributed by atoms with van der Waals surface area (Å²) in [6.07, 6.45) is 3.56. The maximum Gasteiger partial charge on any atom is 0.196 e. The molecule has 2 aromatic carbocycles. The number of hydrogen-bond acceptors (Lipinski definition) is 7. The van der Waals surface area contributed by atoms with Gasteiger partial charge in [-0.3, -0.25) is 9.55 Å². The van der Waals surface area contributed by atoms with Crippen molar-refractivity contribution in [2.75, 3.05) is 5.32 Å². The van der Waals surface area contributed by atoms with Gasteiger partial charge in [-0.15, -0.1) is 21.5 Å². The lowest BCUT2D eigenvalue weighted by molar-refractivity contribution is 0.885. The molecule has 0 unspecified atom stereocenters. The molecule has 31 heavy (non-hydrogen) atoms. The van der Waals surface area contributed by atoms with Crippen molar-refractivity contribution in [2.24, 2.45) is 0 Å². The van der Waals surface area contributed by atoms with Gasteiger partial charge in [0.05, 0.1) is 5.69 Å². The van der Waals surface area contributed by atoms with Gasteiger partial charge in [0.25, 0.3) is 0 Å². The van der Waals surface area contributed by atoms with Crippen LogP contribution in [-0.2, 0) is 5.75 Å². The second-order valence-electron chi connectivity index (χ2n) is 6.64. The van der Waals surface area contributed by atoms with Crippen molar-refractivity contribution in [1.29, 1.82) is 0 Å². The van der Waals surface area contributed by atoms with Crippen molar-refractivity contribution in [1.82, 2.24) is 24.7 Å². The zero-order valence-corrected chi connectivity index (χ0v) is 18.1. The van der Waals surface area contributed by atoms with Gasteiger partial charge < -0.3 is 5.32 Å². The smallest absolute Gasteiger partial charge is 0.196 e. The Balaban J connectivity index is 1.38. The van der Waals surface area contributed by atoms with Crippen LogP contribution in [0.25, 0.3) is 17.1 Å². The highest BCUT2D eigenvalue weighted by atomic mass is 32.2. The van der Waals surface area contributed by atoms with E-state index in [2.05, 4.69) is 42.6 Å². The van der Waals surface area contributed by atoms with Gasteiger partial charge >= 0.3 is 0 Å². The Labute approximate surface area is 188 Å². The molecular formula is C23H18N6S2. The predicted molar refractivity (Wildman–Crippen MR) is 126 cm³/mol. The van der Waals surface area contributed by atoms with Crippen molar-refractivity contribution in [3.05, 3.63) is 96.3 Å². The van der Waals surface area contributed by atoms with E-state index in [0.29, 0.717) is 5.75 Å². The summed E-state index contributed by atoms with van der Waals surface area (Å²) in [4.78, 5) is 8.94. The predicted octanol–water partition coefficient (Wildman–Crippen LogP) is 5.82. The van der Waals surface area contributed by atoms with Gasteiger partial charge in [0, 0.05) is 40.5 Å². The molecule has 8 heteroatoms. The molecule has 0 aliphatic carbocycles. The summed E-state index contributed by atoms with van der Waals surface area (Å²) in [6, 6.07) is 24.1. The van der Waals surface area contributed by atoms with Crippen LogP contribution in [0.3, 0.4) is 0 Å². The lowest BCUT2D eigenvalue weighted by Gasteiger charge is -2.09. The third kappa shape index (κ3) is 4.50. The van der Waals surface area contributed by atoms with Gasteiger partial charge in [-0.1, -0.05) is 48.2 Å². The Hall–Kier alpha value is -3.49. The van der Waals surface area contributed by atoms with E-state index in [0.717, 1.165) is 38.7 Å². The normalized spacial score (nSPS) is 10.8. The summed E-state index contributed by atoms with van der Waals surface area (Å²) in [5.74, 6) is 1.47.